The second kappa shape index (κ2) is 5.87. The molecule has 0 aromatic carbocycles. The summed E-state index contributed by atoms with van der Waals surface area (Å²) in [5, 5.41) is 0. The van der Waals surface area contributed by atoms with Crippen molar-refractivity contribution in [3.8, 4) is 0 Å². The van der Waals surface area contributed by atoms with Crippen LogP contribution in [0.1, 0.15) is 48.0 Å². The third kappa shape index (κ3) is 4.64. The molecular formula is C12H23NO3. The summed E-state index contributed by atoms with van der Waals surface area (Å²) < 4.78 is 5.24. The molecule has 0 aliphatic rings. The Bertz CT molecular complexity index is 255. The number of nitrogens with zero attached hydrogens (tertiary/aromatic N) is 1. The zero-order valence-electron chi connectivity index (χ0n) is 11.2. The minimum atomic E-state index is -0.528. The van der Waals surface area contributed by atoms with Gasteiger partial charge in [-0.1, -0.05) is 6.92 Å². The van der Waals surface area contributed by atoms with Crippen LogP contribution in [-0.4, -0.2) is 35.0 Å². The highest BCUT2D eigenvalue weighted by Crippen LogP contribution is 2.12. The summed E-state index contributed by atoms with van der Waals surface area (Å²) in [6, 6.07) is -0.412. The number of rotatable bonds is 4. The number of likely N-dealkylation sites (N-methyl/N-ethyl adjacent to an activating group) is 1. The maximum Gasteiger partial charge on any atom is 0.410 e. The number of Topliss-reactive ketones (excluding diaryl/α,β-unsaturated/α-hetero) is 1. The predicted molar refractivity (Wildman–Crippen MR) is 63.4 cm³/mol. The number of ketones is 1. The summed E-state index contributed by atoms with van der Waals surface area (Å²) in [7, 11) is 0. The summed E-state index contributed by atoms with van der Waals surface area (Å²) in [6.07, 6.45) is 0.00444. The third-order valence-corrected chi connectivity index (χ3v) is 2.25. The molecular weight excluding hydrogens is 206 g/mol. The standard InChI is InChI=1S/C12H23NO3/c1-7-10(14)9(3)13(8-2)11(15)16-12(4,5)6/h9H,7-8H2,1-6H3. The van der Waals surface area contributed by atoms with Gasteiger partial charge in [-0.2, -0.15) is 0 Å². The molecule has 0 aliphatic heterocycles. The molecule has 0 aromatic rings. The van der Waals surface area contributed by atoms with Crippen LogP contribution in [0.15, 0.2) is 0 Å². The number of carbonyl (C=O) groups excluding carboxylic acids is 2. The highest BCUT2D eigenvalue weighted by atomic mass is 16.6. The molecule has 16 heavy (non-hydrogen) atoms. The lowest BCUT2D eigenvalue weighted by molar-refractivity contribution is -0.123. The van der Waals surface area contributed by atoms with Gasteiger partial charge >= 0.3 is 6.09 Å². The Morgan fingerprint density at radius 2 is 1.75 bits per heavy atom. The smallest absolute Gasteiger partial charge is 0.410 e. The summed E-state index contributed by atoms with van der Waals surface area (Å²) >= 11 is 0. The molecule has 0 aromatic heterocycles. The molecule has 0 N–H and O–H groups in total. The maximum atomic E-state index is 11.8. The van der Waals surface area contributed by atoms with Crippen molar-refractivity contribution in [1.82, 2.24) is 4.90 Å². The second-order valence-electron chi connectivity index (χ2n) is 4.76. The van der Waals surface area contributed by atoms with Crippen LogP contribution in [0.3, 0.4) is 0 Å². The Morgan fingerprint density at radius 1 is 1.25 bits per heavy atom. The molecule has 0 rings (SSSR count). The molecule has 4 heteroatoms. The topological polar surface area (TPSA) is 46.6 Å². The van der Waals surface area contributed by atoms with Gasteiger partial charge in [-0.25, -0.2) is 4.79 Å². The third-order valence-electron chi connectivity index (χ3n) is 2.25. The molecule has 94 valence electrons. The lowest BCUT2D eigenvalue weighted by Crippen LogP contribution is -2.45. The van der Waals surface area contributed by atoms with Gasteiger partial charge in [0, 0.05) is 13.0 Å². The van der Waals surface area contributed by atoms with Crippen LogP contribution in [-0.2, 0) is 9.53 Å². The van der Waals surface area contributed by atoms with Gasteiger partial charge in [-0.3, -0.25) is 9.69 Å². The number of ether oxygens (including phenoxy) is 1. The fourth-order valence-corrected chi connectivity index (χ4v) is 1.35. The largest absolute Gasteiger partial charge is 0.444 e. The second-order valence-corrected chi connectivity index (χ2v) is 4.76. The maximum absolute atomic E-state index is 11.8. The minimum Gasteiger partial charge on any atom is -0.444 e. The number of hydrogen-bond donors (Lipinski definition) is 0. The first-order valence-electron chi connectivity index (χ1n) is 5.75. The van der Waals surface area contributed by atoms with E-state index >= 15 is 0 Å². The van der Waals surface area contributed by atoms with Crippen LogP contribution >= 0.6 is 0 Å². The Kier molecular flexibility index (Phi) is 5.48. The van der Waals surface area contributed by atoms with Gasteiger partial charge in [0.2, 0.25) is 0 Å². The van der Waals surface area contributed by atoms with E-state index in [9.17, 15) is 9.59 Å². The quantitative estimate of drug-likeness (QED) is 0.744. The van der Waals surface area contributed by atoms with E-state index in [4.69, 9.17) is 4.74 Å². The first-order chi connectivity index (χ1) is 7.22. The van der Waals surface area contributed by atoms with Crippen LogP contribution < -0.4 is 0 Å². The number of amides is 1. The van der Waals surface area contributed by atoms with E-state index in [1.807, 2.05) is 27.7 Å². The molecule has 0 fully saturated rings. The van der Waals surface area contributed by atoms with Gasteiger partial charge < -0.3 is 4.74 Å². The Hall–Kier alpha value is -1.06. The lowest BCUT2D eigenvalue weighted by Gasteiger charge is -2.30. The van der Waals surface area contributed by atoms with E-state index < -0.39 is 17.7 Å². The highest BCUT2D eigenvalue weighted by Gasteiger charge is 2.27. The summed E-state index contributed by atoms with van der Waals surface area (Å²) in [6.45, 7) is 11.3. The predicted octanol–water partition coefficient (Wildman–Crippen LogP) is 2.61. The van der Waals surface area contributed by atoms with Gasteiger partial charge in [-0.05, 0) is 34.6 Å². The van der Waals surface area contributed by atoms with Crippen LogP contribution in [0, 0.1) is 0 Å². The van der Waals surface area contributed by atoms with E-state index in [1.54, 1.807) is 13.8 Å². The lowest BCUT2D eigenvalue weighted by atomic mass is 10.1. The monoisotopic (exact) mass is 229 g/mol. The van der Waals surface area contributed by atoms with Gasteiger partial charge in [-0.15, -0.1) is 0 Å². The number of carbonyl (C=O) groups is 2. The van der Waals surface area contributed by atoms with Crippen molar-refractivity contribution >= 4 is 11.9 Å². The van der Waals surface area contributed by atoms with Gasteiger partial charge in [0.05, 0.1) is 6.04 Å². The minimum absolute atomic E-state index is 0.0488. The molecule has 1 atom stereocenters. The Labute approximate surface area is 98.0 Å². The molecule has 0 heterocycles. The molecule has 0 saturated carbocycles. The van der Waals surface area contributed by atoms with E-state index in [2.05, 4.69) is 0 Å². The fraction of sp³-hybridized carbons (Fsp3) is 0.833. The molecule has 4 nitrogen and oxygen atoms in total. The average molecular weight is 229 g/mol. The van der Waals surface area contributed by atoms with Crippen molar-refractivity contribution in [2.45, 2.75) is 59.6 Å². The number of hydrogen-bond acceptors (Lipinski definition) is 3. The average Bonchev–Trinajstić information content (AvgIpc) is 2.14. The Morgan fingerprint density at radius 3 is 2.06 bits per heavy atom. The van der Waals surface area contributed by atoms with E-state index in [0.717, 1.165) is 0 Å². The molecule has 0 bridgehead atoms. The van der Waals surface area contributed by atoms with Crippen molar-refractivity contribution in [3.05, 3.63) is 0 Å². The Balaban J connectivity index is 4.61. The van der Waals surface area contributed by atoms with E-state index in [-0.39, 0.29) is 5.78 Å². The SMILES string of the molecule is CCC(=O)C(C)N(CC)C(=O)OC(C)(C)C. The van der Waals surface area contributed by atoms with Crippen LogP contribution in [0.25, 0.3) is 0 Å². The fourth-order valence-electron chi connectivity index (χ4n) is 1.35. The van der Waals surface area contributed by atoms with Crippen molar-refractivity contribution < 1.29 is 14.3 Å². The van der Waals surface area contributed by atoms with Crippen LogP contribution in [0.5, 0.6) is 0 Å². The van der Waals surface area contributed by atoms with Crippen molar-refractivity contribution in [2.75, 3.05) is 6.54 Å². The zero-order chi connectivity index (χ0) is 12.9. The molecule has 0 radical (unpaired) electrons. The normalized spacial score (nSPS) is 13.1. The molecule has 1 amide bonds. The molecule has 0 spiro atoms. The molecule has 1 unspecified atom stereocenters. The van der Waals surface area contributed by atoms with E-state index in [0.29, 0.717) is 13.0 Å². The molecule has 0 saturated heterocycles. The van der Waals surface area contributed by atoms with Crippen molar-refractivity contribution in [2.24, 2.45) is 0 Å². The van der Waals surface area contributed by atoms with Gasteiger partial charge in [0.1, 0.15) is 5.60 Å². The zero-order valence-corrected chi connectivity index (χ0v) is 11.2. The van der Waals surface area contributed by atoms with Crippen molar-refractivity contribution in [1.29, 1.82) is 0 Å². The molecule has 0 aliphatic carbocycles. The highest BCUT2D eigenvalue weighted by molar-refractivity contribution is 5.86. The summed E-state index contributed by atoms with van der Waals surface area (Å²) in [4.78, 5) is 24.8. The summed E-state index contributed by atoms with van der Waals surface area (Å²) in [5.41, 5.74) is -0.528. The van der Waals surface area contributed by atoms with E-state index in [1.165, 1.54) is 4.90 Å². The summed E-state index contributed by atoms with van der Waals surface area (Å²) in [5.74, 6) is 0.0488. The first kappa shape index (κ1) is 14.9. The van der Waals surface area contributed by atoms with Crippen molar-refractivity contribution in [3.63, 3.8) is 0 Å². The van der Waals surface area contributed by atoms with Crippen LogP contribution in [0.2, 0.25) is 0 Å². The van der Waals surface area contributed by atoms with Gasteiger partial charge in [0.25, 0.3) is 0 Å². The first-order valence-corrected chi connectivity index (χ1v) is 5.75. The van der Waals surface area contributed by atoms with Gasteiger partial charge in [0.15, 0.2) is 5.78 Å². The van der Waals surface area contributed by atoms with Crippen LogP contribution in [0.4, 0.5) is 4.79 Å².